The van der Waals surface area contributed by atoms with E-state index in [4.69, 9.17) is 12.2 Å². The third-order valence-electron chi connectivity index (χ3n) is 3.42. The van der Waals surface area contributed by atoms with E-state index >= 15 is 0 Å². The zero-order valence-electron chi connectivity index (χ0n) is 10.6. The van der Waals surface area contributed by atoms with Crippen LogP contribution in [0.5, 0.6) is 0 Å². The molecule has 2 aromatic heterocycles. The van der Waals surface area contributed by atoms with E-state index in [-0.39, 0.29) is 5.82 Å². The van der Waals surface area contributed by atoms with E-state index in [0.29, 0.717) is 8.34 Å². The summed E-state index contributed by atoms with van der Waals surface area (Å²) in [5, 5.41) is 3.23. The molecule has 21 heavy (non-hydrogen) atoms. The van der Waals surface area contributed by atoms with Gasteiger partial charge < -0.3 is 4.98 Å². The molecule has 4 rings (SSSR count). The first-order chi connectivity index (χ1) is 10.1. The molecule has 0 amide bonds. The Balaban J connectivity index is 2.06. The summed E-state index contributed by atoms with van der Waals surface area (Å²) in [4.78, 5) is 3.14. The SMILES string of the molecule is Fc1cc2c(cc1I)[nH]c(=S)n2-c1ccc2sccc2c1. The zero-order chi connectivity index (χ0) is 14.6. The maximum absolute atomic E-state index is 13.9. The number of hydrogen-bond acceptors (Lipinski definition) is 2. The molecule has 2 nitrogen and oxygen atoms in total. The molecule has 4 aromatic rings. The number of rotatable bonds is 1. The zero-order valence-corrected chi connectivity index (χ0v) is 14.4. The van der Waals surface area contributed by atoms with Crippen LogP contribution < -0.4 is 0 Å². The summed E-state index contributed by atoms with van der Waals surface area (Å²) >= 11 is 9.09. The normalized spacial score (nSPS) is 11.5. The van der Waals surface area contributed by atoms with Gasteiger partial charge in [-0.1, -0.05) is 0 Å². The lowest BCUT2D eigenvalue weighted by molar-refractivity contribution is 0.622. The fourth-order valence-electron chi connectivity index (χ4n) is 2.45. The average molecular weight is 426 g/mol. The highest BCUT2D eigenvalue weighted by molar-refractivity contribution is 14.1. The van der Waals surface area contributed by atoms with Crippen molar-refractivity contribution in [3.63, 3.8) is 0 Å². The summed E-state index contributed by atoms with van der Waals surface area (Å²) in [6, 6.07) is 11.5. The predicted octanol–water partition coefficient (Wildman–Crippen LogP) is 5.65. The molecule has 1 N–H and O–H groups in total. The minimum atomic E-state index is -0.234. The van der Waals surface area contributed by atoms with Gasteiger partial charge in [-0.05, 0) is 75.9 Å². The van der Waals surface area contributed by atoms with Crippen molar-refractivity contribution >= 4 is 67.3 Å². The highest BCUT2D eigenvalue weighted by atomic mass is 127. The van der Waals surface area contributed by atoms with E-state index in [1.165, 1.54) is 16.2 Å². The number of imidazole rings is 1. The molecule has 0 saturated heterocycles. The third-order valence-corrected chi connectivity index (χ3v) is 5.43. The monoisotopic (exact) mass is 426 g/mol. The van der Waals surface area contributed by atoms with Crippen LogP contribution in [0.2, 0.25) is 0 Å². The lowest BCUT2D eigenvalue weighted by Gasteiger charge is -2.05. The largest absolute Gasteiger partial charge is 0.330 e. The molecule has 0 unspecified atom stereocenters. The molecule has 0 bridgehead atoms. The van der Waals surface area contributed by atoms with Gasteiger partial charge in [0.15, 0.2) is 4.77 Å². The Labute approximate surface area is 142 Å². The van der Waals surface area contributed by atoms with E-state index in [9.17, 15) is 4.39 Å². The van der Waals surface area contributed by atoms with Crippen molar-refractivity contribution in [3.05, 3.63) is 55.9 Å². The van der Waals surface area contributed by atoms with Gasteiger partial charge in [-0.25, -0.2) is 4.39 Å². The van der Waals surface area contributed by atoms with Crippen molar-refractivity contribution in [2.24, 2.45) is 0 Å². The van der Waals surface area contributed by atoms with E-state index < -0.39 is 0 Å². The number of aromatic nitrogens is 2. The van der Waals surface area contributed by atoms with Crippen molar-refractivity contribution < 1.29 is 4.39 Å². The minimum absolute atomic E-state index is 0.234. The quantitative estimate of drug-likeness (QED) is 0.308. The van der Waals surface area contributed by atoms with Crippen LogP contribution in [0.1, 0.15) is 0 Å². The van der Waals surface area contributed by atoms with E-state index in [2.05, 4.69) is 28.6 Å². The highest BCUT2D eigenvalue weighted by Crippen LogP contribution is 2.27. The standard InChI is InChI=1S/C15H8FIN2S2/c16-10-6-13-12(7-11(10)17)18-15(20)19(13)9-1-2-14-8(5-9)3-4-21-14/h1-7H,(H,18,20). The number of hydrogen-bond donors (Lipinski definition) is 1. The maximum Gasteiger partial charge on any atom is 0.182 e. The Morgan fingerprint density at radius 3 is 2.90 bits per heavy atom. The summed E-state index contributed by atoms with van der Waals surface area (Å²) in [6.07, 6.45) is 0. The molecule has 0 aliphatic rings. The molecule has 0 aliphatic heterocycles. The van der Waals surface area contributed by atoms with Crippen molar-refractivity contribution in [2.75, 3.05) is 0 Å². The van der Waals surface area contributed by atoms with Gasteiger partial charge in [0.2, 0.25) is 0 Å². The molecular weight excluding hydrogens is 418 g/mol. The van der Waals surface area contributed by atoms with Gasteiger partial charge in [0.05, 0.1) is 14.6 Å². The first-order valence-corrected chi connectivity index (χ1v) is 8.57. The van der Waals surface area contributed by atoms with Crippen molar-refractivity contribution in [3.8, 4) is 5.69 Å². The van der Waals surface area contributed by atoms with Crippen molar-refractivity contribution in [1.82, 2.24) is 9.55 Å². The first-order valence-electron chi connectivity index (χ1n) is 6.21. The number of nitrogens with zero attached hydrogens (tertiary/aromatic N) is 1. The van der Waals surface area contributed by atoms with Gasteiger partial charge in [0, 0.05) is 16.5 Å². The second kappa shape index (κ2) is 4.89. The Morgan fingerprint density at radius 2 is 2.05 bits per heavy atom. The summed E-state index contributed by atoms with van der Waals surface area (Å²) in [7, 11) is 0. The molecule has 2 aromatic carbocycles. The molecule has 104 valence electrons. The maximum atomic E-state index is 13.9. The first kappa shape index (κ1) is 13.4. The van der Waals surface area contributed by atoms with Crippen molar-refractivity contribution in [2.45, 2.75) is 0 Å². The predicted molar refractivity (Wildman–Crippen MR) is 96.5 cm³/mol. The lowest BCUT2D eigenvalue weighted by Crippen LogP contribution is -1.94. The number of thiophene rings is 1. The molecule has 0 spiro atoms. The fraction of sp³-hybridized carbons (Fsp3) is 0. The third kappa shape index (κ3) is 2.13. The molecule has 2 heterocycles. The topological polar surface area (TPSA) is 20.7 Å². The van der Waals surface area contributed by atoms with Gasteiger partial charge in [-0.3, -0.25) is 4.57 Å². The van der Waals surface area contributed by atoms with Crippen LogP contribution in [-0.2, 0) is 0 Å². The minimum Gasteiger partial charge on any atom is -0.330 e. The van der Waals surface area contributed by atoms with Crippen LogP contribution in [-0.4, -0.2) is 9.55 Å². The van der Waals surface area contributed by atoms with Gasteiger partial charge in [-0.2, -0.15) is 0 Å². The van der Waals surface area contributed by atoms with E-state index in [0.717, 1.165) is 16.7 Å². The van der Waals surface area contributed by atoms with Gasteiger partial charge in [0.25, 0.3) is 0 Å². The van der Waals surface area contributed by atoms with Crippen LogP contribution in [0.3, 0.4) is 0 Å². The summed E-state index contributed by atoms with van der Waals surface area (Å²) in [6.45, 7) is 0. The number of aromatic amines is 1. The Kier molecular flexibility index (Phi) is 3.13. The van der Waals surface area contributed by atoms with Crippen LogP contribution in [0, 0.1) is 14.2 Å². The molecule has 6 heteroatoms. The van der Waals surface area contributed by atoms with Gasteiger partial charge >= 0.3 is 0 Å². The summed E-state index contributed by atoms with van der Waals surface area (Å²) < 4.78 is 18.1. The molecule has 0 fully saturated rings. The molecule has 0 saturated carbocycles. The molecule has 0 radical (unpaired) electrons. The number of nitrogens with one attached hydrogen (secondary N) is 1. The Bertz CT molecular complexity index is 1040. The number of H-pyrrole nitrogens is 1. The van der Waals surface area contributed by atoms with Crippen LogP contribution in [0.4, 0.5) is 4.39 Å². The van der Waals surface area contributed by atoms with E-state index in [1.807, 2.05) is 33.2 Å². The van der Waals surface area contributed by atoms with Crippen LogP contribution in [0.25, 0.3) is 26.8 Å². The summed E-state index contributed by atoms with van der Waals surface area (Å²) in [5.74, 6) is -0.234. The van der Waals surface area contributed by atoms with Gasteiger partial charge in [-0.15, -0.1) is 11.3 Å². The highest BCUT2D eigenvalue weighted by Gasteiger charge is 2.11. The van der Waals surface area contributed by atoms with Gasteiger partial charge in [0.1, 0.15) is 5.82 Å². The smallest absolute Gasteiger partial charge is 0.182 e. The molecular formula is C15H8FIN2S2. The Hall–Kier alpha value is -1.25. The fourth-order valence-corrected chi connectivity index (χ4v) is 4.00. The van der Waals surface area contributed by atoms with Crippen LogP contribution in [0.15, 0.2) is 41.8 Å². The summed E-state index contributed by atoms with van der Waals surface area (Å²) in [5.41, 5.74) is 2.54. The second-order valence-corrected chi connectivity index (χ2v) is 7.19. The Morgan fingerprint density at radius 1 is 1.19 bits per heavy atom. The van der Waals surface area contributed by atoms with Crippen molar-refractivity contribution in [1.29, 1.82) is 0 Å². The van der Waals surface area contributed by atoms with Crippen LogP contribution >= 0.6 is 46.1 Å². The second-order valence-electron chi connectivity index (χ2n) is 4.69. The van der Waals surface area contributed by atoms with E-state index in [1.54, 1.807) is 17.4 Å². The molecule has 0 aliphatic carbocycles. The number of halogens is 2. The molecule has 0 atom stereocenters. The average Bonchev–Trinajstić information content (AvgIpc) is 3.02. The number of benzene rings is 2. The lowest BCUT2D eigenvalue weighted by atomic mass is 10.2. The number of fused-ring (bicyclic) bond motifs is 2.